The highest BCUT2D eigenvalue weighted by molar-refractivity contribution is 5.34. The zero-order valence-corrected chi connectivity index (χ0v) is 3.49. The van der Waals surface area contributed by atoms with E-state index in [0.29, 0.717) is 0 Å². The van der Waals surface area contributed by atoms with Crippen molar-refractivity contribution in [3.05, 3.63) is 0 Å². The predicted molar refractivity (Wildman–Crippen MR) is 17.3 cm³/mol. The second-order valence-corrected chi connectivity index (χ2v) is 0.740. The molecule has 0 atom stereocenters. The monoisotopic (exact) mass is 126 g/mol. The molecule has 0 radical (unpaired) electrons. The van der Waals surface area contributed by atoms with Crippen molar-refractivity contribution in [2.45, 2.75) is 6.36 Å². The van der Waals surface area contributed by atoms with Gasteiger partial charge in [-0.1, -0.05) is 0 Å². The molecule has 0 fully saturated rings. The van der Waals surface area contributed by atoms with E-state index in [2.05, 4.69) is 4.84 Å². The van der Waals surface area contributed by atoms with Crippen LogP contribution in [0.2, 0.25) is 0 Å². The molecule has 3 nitrogen and oxygen atoms in total. The molecule has 0 aliphatic heterocycles. The number of halogens is 3. The third kappa shape index (κ3) is 4.97. The SMILES string of the molecule is N=C=NOC(F)(F)F. The van der Waals surface area contributed by atoms with Crippen molar-refractivity contribution in [1.29, 1.82) is 5.41 Å². The van der Waals surface area contributed by atoms with Gasteiger partial charge in [0, 0.05) is 0 Å². The molecule has 1 N–H and O–H groups in total. The van der Waals surface area contributed by atoms with Crippen LogP contribution in [-0.2, 0) is 4.84 Å². The molecule has 0 aromatic rings. The van der Waals surface area contributed by atoms with E-state index in [9.17, 15) is 13.2 Å². The van der Waals surface area contributed by atoms with Crippen LogP contribution in [0.25, 0.3) is 0 Å². The Morgan fingerprint density at radius 3 is 2.12 bits per heavy atom. The van der Waals surface area contributed by atoms with Crippen LogP contribution in [0, 0.1) is 5.41 Å². The summed E-state index contributed by atoms with van der Waals surface area (Å²) in [6.07, 6.45) is -4.80. The summed E-state index contributed by atoms with van der Waals surface area (Å²) in [4.78, 5) is 2.70. The predicted octanol–water partition coefficient (Wildman–Crippen LogP) is 1.19. The van der Waals surface area contributed by atoms with Crippen molar-refractivity contribution in [3.63, 3.8) is 0 Å². The fourth-order valence-corrected chi connectivity index (χ4v) is 0.0746. The lowest BCUT2D eigenvalue weighted by atomic mass is 11.4. The van der Waals surface area contributed by atoms with Crippen LogP contribution in [0.1, 0.15) is 0 Å². The first-order valence-corrected chi connectivity index (χ1v) is 1.43. The van der Waals surface area contributed by atoms with Crippen molar-refractivity contribution in [2.24, 2.45) is 5.16 Å². The van der Waals surface area contributed by atoms with Crippen molar-refractivity contribution >= 4 is 6.01 Å². The summed E-state index contributed by atoms with van der Waals surface area (Å²) in [7, 11) is 0. The highest BCUT2D eigenvalue weighted by Gasteiger charge is 2.30. The van der Waals surface area contributed by atoms with Crippen molar-refractivity contribution in [2.75, 3.05) is 0 Å². The molecule has 46 valence electrons. The van der Waals surface area contributed by atoms with E-state index in [-0.39, 0.29) is 0 Å². The van der Waals surface area contributed by atoms with E-state index in [1.54, 1.807) is 0 Å². The minimum absolute atomic E-state index is 1.06. The standard InChI is InChI=1S/C2HF3N2O/c3-2(4,5)8-7-1-6/h6H. The number of hydrogen-bond donors (Lipinski definition) is 1. The van der Waals surface area contributed by atoms with E-state index >= 15 is 0 Å². The second kappa shape index (κ2) is 2.32. The Hall–Kier alpha value is -1.03. The maximum absolute atomic E-state index is 10.8. The molecule has 0 spiro atoms. The zero-order valence-electron chi connectivity index (χ0n) is 3.49. The summed E-state index contributed by atoms with van der Waals surface area (Å²) in [5, 5.41) is 7.88. The molecular formula is C2HF3N2O. The maximum atomic E-state index is 10.8. The molecule has 0 aromatic heterocycles. The van der Waals surface area contributed by atoms with E-state index in [4.69, 9.17) is 5.41 Å². The van der Waals surface area contributed by atoms with Gasteiger partial charge in [0.1, 0.15) is 6.01 Å². The average molecular weight is 126 g/mol. The number of hydrogen-bond acceptors (Lipinski definition) is 3. The molecule has 0 saturated heterocycles. The van der Waals surface area contributed by atoms with Crippen LogP contribution in [0.3, 0.4) is 0 Å². The molecular weight excluding hydrogens is 125 g/mol. The molecule has 8 heavy (non-hydrogen) atoms. The first-order valence-electron chi connectivity index (χ1n) is 1.43. The fourth-order valence-electron chi connectivity index (χ4n) is 0.0746. The van der Waals surface area contributed by atoms with Crippen molar-refractivity contribution in [1.82, 2.24) is 0 Å². The van der Waals surface area contributed by atoms with E-state index in [1.807, 2.05) is 5.16 Å². The second-order valence-electron chi connectivity index (χ2n) is 0.740. The summed E-state index contributed by atoms with van der Waals surface area (Å²) < 4.78 is 32.4. The summed E-state index contributed by atoms with van der Waals surface area (Å²) in [6, 6.07) is 1.06. The molecule has 0 saturated carbocycles. The molecule has 0 aromatic carbocycles. The molecule has 0 amide bonds. The maximum Gasteiger partial charge on any atom is 0.593 e. The molecule has 0 heterocycles. The van der Waals surface area contributed by atoms with Crippen LogP contribution in [0.4, 0.5) is 13.2 Å². The van der Waals surface area contributed by atoms with Crippen LogP contribution < -0.4 is 0 Å². The van der Waals surface area contributed by atoms with Crippen LogP contribution in [-0.4, -0.2) is 12.4 Å². The Morgan fingerprint density at radius 1 is 1.50 bits per heavy atom. The molecule has 0 aliphatic carbocycles. The quantitative estimate of drug-likeness (QED) is 0.416. The summed E-state index contributed by atoms with van der Waals surface area (Å²) >= 11 is 0. The number of nitrogens with one attached hydrogen (secondary N) is 1. The van der Waals surface area contributed by atoms with E-state index in [0.717, 1.165) is 6.01 Å². The Bertz CT molecular complexity index is 113. The third-order valence-electron chi connectivity index (χ3n) is 0.195. The first kappa shape index (κ1) is 6.97. The molecule has 0 bridgehead atoms. The Morgan fingerprint density at radius 2 is 2.00 bits per heavy atom. The van der Waals surface area contributed by atoms with Crippen molar-refractivity contribution in [3.8, 4) is 0 Å². The van der Waals surface area contributed by atoms with Crippen LogP contribution in [0.15, 0.2) is 5.16 Å². The number of alkyl halides is 3. The lowest BCUT2D eigenvalue weighted by molar-refractivity contribution is -0.325. The highest BCUT2D eigenvalue weighted by Crippen LogP contribution is 2.15. The molecule has 0 rings (SSSR count). The van der Waals surface area contributed by atoms with Gasteiger partial charge in [-0.25, -0.2) is 5.41 Å². The Balaban J connectivity index is 3.55. The van der Waals surface area contributed by atoms with Gasteiger partial charge in [-0.3, -0.25) is 4.84 Å². The highest BCUT2D eigenvalue weighted by atomic mass is 19.4. The Kier molecular flexibility index (Phi) is 2.02. The largest absolute Gasteiger partial charge is 0.593 e. The Labute approximate surface area is 42.2 Å². The lowest BCUT2D eigenvalue weighted by Crippen LogP contribution is -2.08. The summed E-state index contributed by atoms with van der Waals surface area (Å²) in [5.74, 6) is 0. The molecule has 0 aliphatic rings. The minimum atomic E-state index is -4.80. The van der Waals surface area contributed by atoms with E-state index in [1.165, 1.54) is 0 Å². The van der Waals surface area contributed by atoms with E-state index < -0.39 is 6.36 Å². The summed E-state index contributed by atoms with van der Waals surface area (Å²) in [6.45, 7) is 0. The fraction of sp³-hybridized carbons (Fsp3) is 0.500. The van der Waals surface area contributed by atoms with Gasteiger partial charge in [-0.15, -0.1) is 13.2 Å². The third-order valence-corrected chi connectivity index (χ3v) is 0.195. The van der Waals surface area contributed by atoms with Gasteiger partial charge in [-0.2, -0.15) is 0 Å². The lowest BCUT2D eigenvalue weighted by Gasteiger charge is -1.96. The minimum Gasteiger partial charge on any atom is -0.284 e. The van der Waals surface area contributed by atoms with Crippen molar-refractivity contribution < 1.29 is 18.0 Å². The van der Waals surface area contributed by atoms with Gasteiger partial charge in [0.05, 0.1) is 0 Å². The normalized spacial score (nSPS) is 9.88. The molecule has 0 unspecified atom stereocenters. The topological polar surface area (TPSA) is 45.4 Å². The first-order chi connectivity index (χ1) is 3.56. The van der Waals surface area contributed by atoms with Gasteiger partial charge in [0.15, 0.2) is 0 Å². The van der Waals surface area contributed by atoms with Gasteiger partial charge in [-0.05, 0) is 5.16 Å². The van der Waals surface area contributed by atoms with Gasteiger partial charge >= 0.3 is 6.36 Å². The van der Waals surface area contributed by atoms with Gasteiger partial charge in [0.2, 0.25) is 0 Å². The van der Waals surface area contributed by atoms with Gasteiger partial charge in [0.25, 0.3) is 0 Å². The van der Waals surface area contributed by atoms with Crippen LogP contribution >= 0.6 is 0 Å². The van der Waals surface area contributed by atoms with Crippen LogP contribution in [0.5, 0.6) is 0 Å². The average Bonchev–Trinajstić information content (AvgIpc) is 1.59. The van der Waals surface area contributed by atoms with Gasteiger partial charge < -0.3 is 0 Å². The smallest absolute Gasteiger partial charge is 0.284 e. The molecule has 6 heteroatoms. The number of nitrogens with zero attached hydrogens (tertiary/aromatic N) is 1. The zero-order chi connectivity index (χ0) is 6.62. The summed E-state index contributed by atoms with van der Waals surface area (Å²) in [5.41, 5.74) is 0. The number of rotatable bonds is 1.